The molecule has 5 rings (SSSR count). The van der Waals surface area contributed by atoms with Gasteiger partial charge in [-0.3, -0.25) is 29.6 Å². The quantitative estimate of drug-likeness (QED) is 0.0456. The molecule has 0 spiro atoms. The Morgan fingerprint density at radius 3 is 1.63 bits per heavy atom. The number of nitrogen functional groups attached to an aromatic ring is 1. The van der Waals surface area contributed by atoms with Crippen LogP contribution in [0.5, 0.6) is 0 Å². The van der Waals surface area contributed by atoms with E-state index in [0.717, 1.165) is 16.7 Å². The van der Waals surface area contributed by atoms with Crippen LogP contribution in [0.2, 0.25) is 0 Å². The van der Waals surface area contributed by atoms with E-state index in [9.17, 15) is 27.6 Å². The molecule has 1 heterocycles. The first-order chi connectivity index (χ1) is 28.3. The molecule has 8 N–H and O–H groups in total. The van der Waals surface area contributed by atoms with Crippen LogP contribution in [0, 0.1) is 5.41 Å². The normalized spacial score (nSPS) is 12.1. The van der Waals surface area contributed by atoms with Crippen LogP contribution in [-0.4, -0.2) is 54.9 Å². The highest BCUT2D eigenvalue weighted by molar-refractivity contribution is 7.88. The van der Waals surface area contributed by atoms with E-state index >= 15 is 0 Å². The number of aromatic nitrogens is 1. The fourth-order valence-electron chi connectivity index (χ4n) is 5.98. The average molecular weight is 817 g/mol. The lowest BCUT2D eigenvalue weighted by Gasteiger charge is -2.22. The summed E-state index contributed by atoms with van der Waals surface area (Å²) in [5.74, 6) is -1.99. The highest BCUT2D eigenvalue weighted by Crippen LogP contribution is 2.11. The van der Waals surface area contributed by atoms with Crippen molar-refractivity contribution in [2.75, 3.05) is 0 Å². The maximum absolute atomic E-state index is 13.5. The van der Waals surface area contributed by atoms with Crippen molar-refractivity contribution >= 4 is 39.5 Å². The molecule has 306 valence electrons. The van der Waals surface area contributed by atoms with Gasteiger partial charge in [-0.1, -0.05) is 115 Å². The number of nitrogens with two attached hydrogens (primary N) is 1. The Morgan fingerprint density at radius 2 is 1.08 bits per heavy atom. The van der Waals surface area contributed by atoms with Gasteiger partial charge in [0.2, 0.25) is 33.7 Å². The highest BCUT2D eigenvalue weighted by Gasteiger charge is 2.26. The van der Waals surface area contributed by atoms with Crippen LogP contribution in [0.4, 0.5) is 0 Å². The maximum atomic E-state index is 13.5. The van der Waals surface area contributed by atoms with Gasteiger partial charge in [0.15, 0.2) is 0 Å². The van der Waals surface area contributed by atoms with Gasteiger partial charge in [0, 0.05) is 43.0 Å². The van der Waals surface area contributed by atoms with Crippen molar-refractivity contribution in [3.63, 3.8) is 0 Å². The molecule has 0 aliphatic heterocycles. The molecule has 0 saturated carbocycles. The Kier molecular flexibility index (Phi) is 15.6. The monoisotopic (exact) mass is 816 g/mol. The van der Waals surface area contributed by atoms with Crippen LogP contribution >= 0.6 is 0 Å². The zero-order valence-electron chi connectivity index (χ0n) is 32.6. The summed E-state index contributed by atoms with van der Waals surface area (Å²) in [7, 11) is -3.88. The van der Waals surface area contributed by atoms with E-state index in [1.54, 1.807) is 97.1 Å². The number of carbonyl (C=O) groups is 4. The first-order valence-electron chi connectivity index (χ1n) is 19.0. The second-order valence-corrected chi connectivity index (χ2v) is 15.8. The summed E-state index contributed by atoms with van der Waals surface area (Å²) >= 11 is 0. The third kappa shape index (κ3) is 14.6. The van der Waals surface area contributed by atoms with Crippen LogP contribution in [0.3, 0.4) is 0 Å². The summed E-state index contributed by atoms with van der Waals surface area (Å²) in [6, 6.07) is 35.1. The number of benzene rings is 4. The van der Waals surface area contributed by atoms with Crippen molar-refractivity contribution in [2.24, 2.45) is 5.73 Å². The van der Waals surface area contributed by atoms with Crippen LogP contribution in [-0.2, 0) is 73.9 Å². The first-order valence-corrected chi connectivity index (χ1v) is 20.6. The number of amides is 4. The summed E-state index contributed by atoms with van der Waals surface area (Å²) < 4.78 is 28.1. The van der Waals surface area contributed by atoms with E-state index in [-0.39, 0.29) is 55.8 Å². The predicted molar refractivity (Wildman–Crippen MR) is 225 cm³/mol. The highest BCUT2D eigenvalue weighted by atomic mass is 32.2. The van der Waals surface area contributed by atoms with E-state index in [0.29, 0.717) is 34.6 Å². The molecule has 0 aliphatic rings. The van der Waals surface area contributed by atoms with Crippen molar-refractivity contribution in [1.82, 2.24) is 31.0 Å². The number of sulfonamides is 1. The summed E-state index contributed by atoms with van der Waals surface area (Å²) in [4.78, 5) is 56.7. The number of rotatable bonds is 20. The largest absolute Gasteiger partial charge is 0.384 e. The minimum atomic E-state index is -3.88. The van der Waals surface area contributed by atoms with Crippen LogP contribution in [0.15, 0.2) is 127 Å². The summed E-state index contributed by atoms with van der Waals surface area (Å²) in [5.41, 5.74) is 11.0. The average Bonchev–Trinajstić information content (AvgIpc) is 3.22. The zero-order valence-corrected chi connectivity index (χ0v) is 33.4. The number of hydrogen-bond donors (Lipinski definition) is 7. The van der Waals surface area contributed by atoms with Crippen molar-refractivity contribution in [3.05, 3.63) is 172 Å². The topological polar surface area (TPSA) is 225 Å². The Balaban J connectivity index is 1.16. The predicted octanol–water partition coefficient (Wildman–Crippen LogP) is 2.94. The van der Waals surface area contributed by atoms with Crippen molar-refractivity contribution < 1.29 is 27.6 Å². The summed E-state index contributed by atoms with van der Waals surface area (Å²) in [5, 5.41) is 18.9. The van der Waals surface area contributed by atoms with Gasteiger partial charge >= 0.3 is 0 Å². The van der Waals surface area contributed by atoms with E-state index < -0.39 is 33.9 Å². The lowest BCUT2D eigenvalue weighted by atomic mass is 10.0. The first kappa shape index (κ1) is 43.4. The molecule has 14 nitrogen and oxygen atoms in total. The Labute approximate surface area is 344 Å². The number of hydrogen-bond acceptors (Lipinski definition) is 8. The Bertz CT molecular complexity index is 2330. The molecule has 4 aromatic carbocycles. The van der Waals surface area contributed by atoms with Gasteiger partial charge in [0.1, 0.15) is 11.9 Å². The molecule has 2 atom stereocenters. The van der Waals surface area contributed by atoms with Gasteiger partial charge in [-0.05, 0) is 46.9 Å². The van der Waals surface area contributed by atoms with Gasteiger partial charge in [-0.15, -0.1) is 0 Å². The molecule has 0 bridgehead atoms. The number of amidine groups is 1. The van der Waals surface area contributed by atoms with Gasteiger partial charge in [0.25, 0.3) is 0 Å². The molecule has 0 saturated heterocycles. The summed E-state index contributed by atoms with van der Waals surface area (Å²) in [6.07, 6.45) is 0.197. The molecule has 59 heavy (non-hydrogen) atoms. The zero-order chi connectivity index (χ0) is 42.2. The van der Waals surface area contributed by atoms with Crippen LogP contribution < -0.4 is 31.7 Å². The van der Waals surface area contributed by atoms with Gasteiger partial charge in [0.05, 0.1) is 24.6 Å². The number of nitrogens with one attached hydrogen (secondary N) is 6. The van der Waals surface area contributed by atoms with Gasteiger partial charge in [-0.2, -0.15) is 0 Å². The third-order valence-electron chi connectivity index (χ3n) is 9.15. The van der Waals surface area contributed by atoms with Crippen LogP contribution in [0.1, 0.15) is 51.7 Å². The fourth-order valence-corrected chi connectivity index (χ4v) is 7.35. The lowest BCUT2D eigenvalue weighted by molar-refractivity contribution is -0.129. The number of carbonyl (C=O) groups excluding carboxylic acids is 4. The minimum absolute atomic E-state index is 0.0236. The lowest BCUT2D eigenvalue weighted by Crippen LogP contribution is -2.53. The number of nitrogens with zero attached hydrogens (tertiary/aromatic N) is 1. The van der Waals surface area contributed by atoms with Crippen LogP contribution in [0.25, 0.3) is 0 Å². The maximum Gasteiger partial charge on any atom is 0.243 e. The molecule has 2 unspecified atom stereocenters. The standard InChI is InChI=1S/C44H48N8O6S/c1-30(52-59(57,58)29-35-11-6-3-7-12-35)43(55)51-39(44(56)49-28-34-19-21-36(22-20-34)42(45)46)23-31-15-17-33(18-16-31)27-48-41(54)25-38-14-8-13-37(50-38)24-40(53)47-26-32-9-4-2-5-10-32/h2-22,30,39,52H,23-29H2,1H3,(H3,45,46)(H,47,53)(H,48,54)(H,49,56)(H,51,55). The van der Waals surface area contributed by atoms with E-state index in [2.05, 4.69) is 31.0 Å². The van der Waals surface area contributed by atoms with Crippen molar-refractivity contribution in [2.45, 2.75) is 63.7 Å². The molecule has 5 aromatic rings. The molecular weight excluding hydrogens is 769 g/mol. The molecule has 0 fully saturated rings. The number of pyridine rings is 1. The fraction of sp³-hybridized carbons (Fsp3) is 0.227. The van der Waals surface area contributed by atoms with Gasteiger partial charge in [-0.25, -0.2) is 13.1 Å². The SMILES string of the molecule is CC(NS(=O)(=O)Cc1ccccc1)C(=O)NC(Cc1ccc(CNC(=O)Cc2cccc(CC(=O)NCc3ccccc3)n2)cc1)C(=O)NCc1ccc(C(=N)N)cc1. The van der Waals surface area contributed by atoms with Crippen molar-refractivity contribution in [1.29, 1.82) is 5.41 Å². The van der Waals surface area contributed by atoms with Crippen molar-refractivity contribution in [3.8, 4) is 0 Å². The molecular formula is C44H48N8O6S. The summed E-state index contributed by atoms with van der Waals surface area (Å²) in [6.45, 7) is 2.18. The van der Waals surface area contributed by atoms with E-state index in [4.69, 9.17) is 11.1 Å². The third-order valence-corrected chi connectivity index (χ3v) is 10.6. The molecule has 0 radical (unpaired) electrons. The second-order valence-electron chi connectivity index (χ2n) is 14.0. The smallest absolute Gasteiger partial charge is 0.243 e. The van der Waals surface area contributed by atoms with Gasteiger partial charge < -0.3 is 27.0 Å². The molecule has 1 aromatic heterocycles. The Hall–Kier alpha value is -6.71. The van der Waals surface area contributed by atoms with E-state index in [1.165, 1.54) is 6.92 Å². The Morgan fingerprint density at radius 1 is 0.610 bits per heavy atom. The van der Waals surface area contributed by atoms with E-state index in [1.807, 2.05) is 30.3 Å². The minimum Gasteiger partial charge on any atom is -0.384 e. The molecule has 4 amide bonds. The molecule has 0 aliphatic carbocycles. The molecule has 15 heteroatoms. The second kappa shape index (κ2) is 21.2.